The topological polar surface area (TPSA) is 7.65 Å². The fourth-order valence-electron chi connectivity index (χ4n) is 3.53. The Hall–Kier alpha value is -2.74. The second kappa shape index (κ2) is 5.41. The molecular formula is C22H22N2. The van der Waals surface area contributed by atoms with Gasteiger partial charge in [-0.1, -0.05) is 42.5 Å². The minimum Gasteiger partial charge on any atom is -0.334 e. The highest BCUT2D eigenvalue weighted by atomic mass is 15.2. The predicted molar refractivity (Wildman–Crippen MR) is 103 cm³/mol. The maximum absolute atomic E-state index is 2.45. The van der Waals surface area contributed by atoms with E-state index in [-0.39, 0.29) is 5.54 Å². The molecule has 2 heterocycles. The van der Waals surface area contributed by atoms with Crippen molar-refractivity contribution in [2.24, 2.45) is 0 Å². The number of benzene rings is 2. The van der Waals surface area contributed by atoms with Gasteiger partial charge in [-0.05, 0) is 51.1 Å². The van der Waals surface area contributed by atoms with Gasteiger partial charge in [0, 0.05) is 22.8 Å². The Bertz CT molecular complexity index is 938. The number of pyridine rings is 1. The lowest BCUT2D eigenvalue weighted by Gasteiger charge is -2.37. The van der Waals surface area contributed by atoms with Crippen molar-refractivity contribution in [2.75, 3.05) is 4.90 Å². The summed E-state index contributed by atoms with van der Waals surface area (Å²) in [6.07, 6.45) is 2.15. The second-order valence-electron chi connectivity index (χ2n) is 7.16. The summed E-state index contributed by atoms with van der Waals surface area (Å²) in [6, 6.07) is 25.7. The van der Waals surface area contributed by atoms with Crippen molar-refractivity contribution in [1.82, 2.24) is 4.40 Å². The van der Waals surface area contributed by atoms with Crippen LogP contribution in [0.2, 0.25) is 0 Å². The maximum Gasteiger partial charge on any atom is 0.0755 e. The minimum absolute atomic E-state index is 0.0399. The molecule has 2 nitrogen and oxygen atoms in total. The molecule has 120 valence electrons. The van der Waals surface area contributed by atoms with Gasteiger partial charge in [0.05, 0.1) is 16.7 Å². The molecule has 2 aromatic heterocycles. The first kappa shape index (κ1) is 14.8. The van der Waals surface area contributed by atoms with Crippen molar-refractivity contribution < 1.29 is 0 Å². The number of anilines is 2. The van der Waals surface area contributed by atoms with E-state index < -0.39 is 0 Å². The van der Waals surface area contributed by atoms with E-state index in [1.165, 1.54) is 27.8 Å². The summed E-state index contributed by atoms with van der Waals surface area (Å²) in [5.74, 6) is 0. The molecule has 0 bridgehead atoms. The fourth-order valence-corrected chi connectivity index (χ4v) is 3.53. The van der Waals surface area contributed by atoms with Gasteiger partial charge in [-0.15, -0.1) is 0 Å². The van der Waals surface area contributed by atoms with E-state index in [0.29, 0.717) is 0 Å². The molecule has 0 N–H and O–H groups in total. The van der Waals surface area contributed by atoms with E-state index in [0.717, 1.165) is 0 Å². The third-order valence-corrected chi connectivity index (χ3v) is 4.43. The lowest BCUT2D eigenvalue weighted by Crippen LogP contribution is -2.37. The van der Waals surface area contributed by atoms with Crippen LogP contribution < -0.4 is 4.90 Å². The first-order valence-corrected chi connectivity index (χ1v) is 8.40. The van der Waals surface area contributed by atoms with Crippen LogP contribution in [0.4, 0.5) is 11.4 Å². The summed E-state index contributed by atoms with van der Waals surface area (Å²) in [6.45, 7) is 6.80. The van der Waals surface area contributed by atoms with Crippen molar-refractivity contribution in [3.63, 3.8) is 0 Å². The summed E-state index contributed by atoms with van der Waals surface area (Å²) in [5, 5.41) is 1.28. The normalized spacial score (nSPS) is 12.0. The van der Waals surface area contributed by atoms with E-state index in [1.54, 1.807) is 0 Å². The van der Waals surface area contributed by atoms with E-state index in [4.69, 9.17) is 0 Å². The van der Waals surface area contributed by atoms with Gasteiger partial charge in [0.25, 0.3) is 0 Å². The zero-order chi connectivity index (χ0) is 16.7. The number of hydrogen-bond acceptors (Lipinski definition) is 1. The van der Waals surface area contributed by atoms with Gasteiger partial charge >= 0.3 is 0 Å². The SMILES string of the molecule is CC(C)(C)N(c1ccccc1)c1c2ccccc2n2ccccc12. The molecule has 2 heteroatoms. The van der Waals surface area contributed by atoms with Crippen LogP contribution in [-0.4, -0.2) is 9.94 Å². The van der Waals surface area contributed by atoms with Crippen LogP contribution in [-0.2, 0) is 0 Å². The van der Waals surface area contributed by atoms with Crippen molar-refractivity contribution >= 4 is 27.8 Å². The van der Waals surface area contributed by atoms with Crippen LogP contribution in [0.15, 0.2) is 79.0 Å². The summed E-state index contributed by atoms with van der Waals surface area (Å²) in [7, 11) is 0. The summed E-state index contributed by atoms with van der Waals surface area (Å²) in [5.41, 5.74) is 4.92. The van der Waals surface area contributed by atoms with Crippen LogP contribution in [0.3, 0.4) is 0 Å². The minimum atomic E-state index is -0.0399. The Balaban J connectivity index is 2.12. The third-order valence-electron chi connectivity index (χ3n) is 4.43. The van der Waals surface area contributed by atoms with E-state index >= 15 is 0 Å². The molecule has 0 fully saturated rings. The first-order valence-electron chi connectivity index (χ1n) is 8.40. The lowest BCUT2D eigenvalue weighted by atomic mass is 10.0. The number of fused-ring (bicyclic) bond motifs is 3. The number of aromatic nitrogens is 1. The number of rotatable bonds is 2. The van der Waals surface area contributed by atoms with E-state index in [2.05, 4.69) is 109 Å². The van der Waals surface area contributed by atoms with E-state index in [1.807, 2.05) is 0 Å². The first-order chi connectivity index (χ1) is 11.6. The van der Waals surface area contributed by atoms with Gasteiger partial charge in [0.15, 0.2) is 0 Å². The van der Waals surface area contributed by atoms with Crippen molar-refractivity contribution in [2.45, 2.75) is 26.3 Å². The highest BCUT2D eigenvalue weighted by Gasteiger charge is 2.27. The van der Waals surface area contributed by atoms with Gasteiger partial charge in [0.1, 0.15) is 0 Å². The monoisotopic (exact) mass is 314 g/mol. The maximum atomic E-state index is 2.45. The molecule has 0 atom stereocenters. The highest BCUT2D eigenvalue weighted by molar-refractivity contribution is 6.05. The Morgan fingerprint density at radius 2 is 1.33 bits per heavy atom. The average molecular weight is 314 g/mol. The molecule has 0 amide bonds. The molecular weight excluding hydrogens is 292 g/mol. The molecule has 0 spiro atoms. The number of hydrogen-bond donors (Lipinski definition) is 0. The molecule has 0 aliphatic heterocycles. The number of para-hydroxylation sites is 2. The van der Waals surface area contributed by atoms with Gasteiger partial charge in [-0.3, -0.25) is 0 Å². The quantitative estimate of drug-likeness (QED) is 0.438. The van der Waals surface area contributed by atoms with Crippen molar-refractivity contribution in [3.8, 4) is 0 Å². The highest BCUT2D eigenvalue weighted by Crippen LogP contribution is 2.42. The standard InChI is InChI=1S/C22H22N2/c1-22(2,3)24(17-11-5-4-6-12-17)21-18-13-7-8-14-19(18)23-16-10-9-15-20(21)23/h4-16H,1-3H3. The van der Waals surface area contributed by atoms with Gasteiger partial charge < -0.3 is 9.30 Å². The summed E-state index contributed by atoms with van der Waals surface area (Å²) in [4.78, 5) is 2.45. The van der Waals surface area contributed by atoms with Crippen molar-refractivity contribution in [3.05, 3.63) is 79.0 Å². The van der Waals surface area contributed by atoms with Crippen LogP contribution >= 0.6 is 0 Å². The third kappa shape index (κ3) is 2.26. The molecule has 0 saturated carbocycles. The molecule has 0 saturated heterocycles. The van der Waals surface area contributed by atoms with Crippen LogP contribution in [0.25, 0.3) is 16.4 Å². The fraction of sp³-hybridized carbons (Fsp3) is 0.182. The van der Waals surface area contributed by atoms with Crippen LogP contribution in [0.5, 0.6) is 0 Å². The molecule has 24 heavy (non-hydrogen) atoms. The van der Waals surface area contributed by atoms with E-state index in [9.17, 15) is 0 Å². The van der Waals surface area contributed by atoms with Crippen LogP contribution in [0.1, 0.15) is 20.8 Å². The molecule has 0 unspecified atom stereocenters. The largest absolute Gasteiger partial charge is 0.334 e. The van der Waals surface area contributed by atoms with Gasteiger partial charge in [-0.2, -0.15) is 0 Å². The van der Waals surface area contributed by atoms with Gasteiger partial charge in [0.2, 0.25) is 0 Å². The van der Waals surface area contributed by atoms with Gasteiger partial charge in [-0.25, -0.2) is 0 Å². The molecule has 4 rings (SSSR count). The molecule has 0 aliphatic carbocycles. The molecule has 0 aliphatic rings. The molecule has 4 aromatic rings. The molecule has 0 radical (unpaired) electrons. The zero-order valence-electron chi connectivity index (χ0n) is 14.4. The summed E-state index contributed by atoms with van der Waals surface area (Å²) >= 11 is 0. The Morgan fingerprint density at radius 1 is 0.708 bits per heavy atom. The summed E-state index contributed by atoms with van der Waals surface area (Å²) < 4.78 is 2.28. The lowest BCUT2D eigenvalue weighted by molar-refractivity contribution is 0.562. The molecule has 2 aromatic carbocycles. The number of nitrogens with zero attached hydrogens (tertiary/aromatic N) is 2. The zero-order valence-corrected chi connectivity index (χ0v) is 14.4. The second-order valence-corrected chi connectivity index (χ2v) is 7.16. The Labute approximate surface area is 143 Å². The average Bonchev–Trinajstić information content (AvgIpc) is 2.90. The Morgan fingerprint density at radius 3 is 2.08 bits per heavy atom. The smallest absolute Gasteiger partial charge is 0.0755 e. The van der Waals surface area contributed by atoms with Crippen molar-refractivity contribution in [1.29, 1.82) is 0 Å². The van der Waals surface area contributed by atoms with Crippen LogP contribution in [0, 0.1) is 0 Å². The Kier molecular flexibility index (Phi) is 3.34. The predicted octanol–water partition coefficient (Wildman–Crippen LogP) is 6.03.